The average Bonchev–Trinajstić information content (AvgIpc) is 2.46. The van der Waals surface area contributed by atoms with E-state index in [1.807, 2.05) is 0 Å². The molecule has 1 N–H and O–H groups in total. The predicted molar refractivity (Wildman–Crippen MR) is 78.6 cm³/mol. The Bertz CT molecular complexity index is 327. The van der Waals surface area contributed by atoms with Gasteiger partial charge in [-0.15, -0.1) is 0 Å². The minimum atomic E-state index is 0.557. The summed E-state index contributed by atoms with van der Waals surface area (Å²) in [6.45, 7) is 4.57. The van der Waals surface area contributed by atoms with E-state index in [2.05, 4.69) is 49.5 Å². The normalized spacial score (nSPS) is 20.6. The van der Waals surface area contributed by atoms with E-state index in [-0.39, 0.29) is 0 Å². The van der Waals surface area contributed by atoms with E-state index >= 15 is 0 Å². The van der Waals surface area contributed by atoms with Crippen LogP contribution in [0.15, 0.2) is 30.3 Å². The Morgan fingerprint density at radius 1 is 1.11 bits per heavy atom. The Hall–Kier alpha value is -0.820. The summed E-state index contributed by atoms with van der Waals surface area (Å²) in [6, 6.07) is 12.2. The highest BCUT2D eigenvalue weighted by molar-refractivity contribution is 5.20. The van der Waals surface area contributed by atoms with Gasteiger partial charge in [0.05, 0.1) is 0 Å². The summed E-state index contributed by atoms with van der Waals surface area (Å²) >= 11 is 0. The fourth-order valence-corrected chi connectivity index (χ4v) is 3.06. The van der Waals surface area contributed by atoms with Gasteiger partial charge in [-0.3, -0.25) is 0 Å². The van der Waals surface area contributed by atoms with Crippen LogP contribution in [0.1, 0.15) is 64.0 Å². The van der Waals surface area contributed by atoms with Crippen molar-refractivity contribution >= 4 is 0 Å². The standard InChI is InChI=1S/C17H27N/c1-3-14(2)18-17(15-10-6-4-7-11-15)16-12-8-5-9-13-16/h4,6-7,10-11,14,16-18H,3,5,8-9,12-13H2,1-2H3. The lowest BCUT2D eigenvalue weighted by Crippen LogP contribution is -2.35. The molecule has 2 rings (SSSR count). The smallest absolute Gasteiger partial charge is 0.0350 e. The number of rotatable bonds is 5. The third-order valence-corrected chi connectivity index (χ3v) is 4.36. The molecular weight excluding hydrogens is 218 g/mol. The lowest BCUT2D eigenvalue weighted by atomic mass is 9.81. The molecule has 1 aliphatic carbocycles. The fourth-order valence-electron chi connectivity index (χ4n) is 3.06. The Morgan fingerprint density at radius 2 is 1.78 bits per heavy atom. The van der Waals surface area contributed by atoms with Crippen LogP contribution in [0.25, 0.3) is 0 Å². The lowest BCUT2D eigenvalue weighted by Gasteiger charge is -2.33. The SMILES string of the molecule is CCC(C)NC(c1ccccc1)C1CCCCC1. The summed E-state index contributed by atoms with van der Waals surface area (Å²) in [5.74, 6) is 0.829. The van der Waals surface area contributed by atoms with E-state index in [1.54, 1.807) is 0 Å². The molecule has 1 saturated carbocycles. The van der Waals surface area contributed by atoms with Crippen molar-refractivity contribution < 1.29 is 0 Å². The molecule has 0 radical (unpaired) electrons. The predicted octanol–water partition coefficient (Wildman–Crippen LogP) is 4.70. The molecule has 1 aromatic carbocycles. The van der Waals surface area contributed by atoms with E-state index < -0.39 is 0 Å². The summed E-state index contributed by atoms with van der Waals surface area (Å²) in [7, 11) is 0. The van der Waals surface area contributed by atoms with E-state index in [0.29, 0.717) is 12.1 Å². The molecule has 0 bridgehead atoms. The lowest BCUT2D eigenvalue weighted by molar-refractivity contribution is 0.255. The quantitative estimate of drug-likeness (QED) is 0.793. The van der Waals surface area contributed by atoms with Gasteiger partial charge in [-0.05, 0) is 37.7 Å². The van der Waals surface area contributed by atoms with E-state index in [4.69, 9.17) is 0 Å². The number of nitrogens with one attached hydrogen (secondary N) is 1. The van der Waals surface area contributed by atoms with E-state index in [1.165, 1.54) is 44.1 Å². The molecule has 18 heavy (non-hydrogen) atoms. The number of benzene rings is 1. The van der Waals surface area contributed by atoms with Gasteiger partial charge in [0.1, 0.15) is 0 Å². The zero-order valence-electron chi connectivity index (χ0n) is 11.9. The maximum atomic E-state index is 3.85. The molecule has 1 heteroatoms. The van der Waals surface area contributed by atoms with Crippen molar-refractivity contribution in [1.82, 2.24) is 5.32 Å². The molecule has 1 aromatic rings. The minimum Gasteiger partial charge on any atom is -0.307 e. The van der Waals surface area contributed by atoms with Crippen molar-refractivity contribution in [3.63, 3.8) is 0 Å². The molecule has 0 amide bonds. The maximum absolute atomic E-state index is 3.85. The molecule has 0 spiro atoms. The maximum Gasteiger partial charge on any atom is 0.0350 e. The first-order valence-electron chi connectivity index (χ1n) is 7.62. The molecular formula is C17H27N. The van der Waals surface area contributed by atoms with Crippen LogP contribution in [0.2, 0.25) is 0 Å². The summed E-state index contributed by atoms with van der Waals surface area (Å²) in [4.78, 5) is 0. The fraction of sp³-hybridized carbons (Fsp3) is 0.647. The second kappa shape index (κ2) is 6.94. The monoisotopic (exact) mass is 245 g/mol. The minimum absolute atomic E-state index is 0.557. The van der Waals surface area contributed by atoms with Gasteiger partial charge in [0.25, 0.3) is 0 Å². The van der Waals surface area contributed by atoms with Crippen LogP contribution in [0.5, 0.6) is 0 Å². The van der Waals surface area contributed by atoms with Crippen LogP contribution in [-0.4, -0.2) is 6.04 Å². The first-order chi connectivity index (χ1) is 8.81. The van der Waals surface area contributed by atoms with Crippen LogP contribution < -0.4 is 5.32 Å². The van der Waals surface area contributed by atoms with Gasteiger partial charge in [0.2, 0.25) is 0 Å². The molecule has 0 aromatic heterocycles. The van der Waals surface area contributed by atoms with Gasteiger partial charge >= 0.3 is 0 Å². The largest absolute Gasteiger partial charge is 0.307 e. The van der Waals surface area contributed by atoms with Gasteiger partial charge in [-0.25, -0.2) is 0 Å². The van der Waals surface area contributed by atoms with Crippen molar-refractivity contribution in [2.45, 2.75) is 64.5 Å². The van der Waals surface area contributed by atoms with E-state index in [9.17, 15) is 0 Å². The van der Waals surface area contributed by atoms with Crippen LogP contribution in [-0.2, 0) is 0 Å². The molecule has 2 atom stereocenters. The third-order valence-electron chi connectivity index (χ3n) is 4.36. The van der Waals surface area contributed by atoms with Crippen molar-refractivity contribution in [2.75, 3.05) is 0 Å². The van der Waals surface area contributed by atoms with Crippen LogP contribution in [0.4, 0.5) is 0 Å². The van der Waals surface area contributed by atoms with Gasteiger partial charge in [0, 0.05) is 12.1 Å². The van der Waals surface area contributed by atoms with Crippen molar-refractivity contribution in [1.29, 1.82) is 0 Å². The topological polar surface area (TPSA) is 12.0 Å². The Morgan fingerprint density at radius 3 is 2.39 bits per heavy atom. The molecule has 0 aliphatic heterocycles. The highest BCUT2D eigenvalue weighted by atomic mass is 14.9. The highest BCUT2D eigenvalue weighted by Crippen LogP contribution is 2.34. The molecule has 2 unspecified atom stereocenters. The van der Waals surface area contributed by atoms with Crippen molar-refractivity contribution in [3.05, 3.63) is 35.9 Å². The number of hydrogen-bond acceptors (Lipinski definition) is 1. The van der Waals surface area contributed by atoms with Crippen molar-refractivity contribution in [3.8, 4) is 0 Å². The third kappa shape index (κ3) is 3.58. The zero-order chi connectivity index (χ0) is 12.8. The second-order valence-corrected chi connectivity index (χ2v) is 5.76. The molecule has 0 heterocycles. The van der Waals surface area contributed by atoms with Gasteiger partial charge in [0.15, 0.2) is 0 Å². The van der Waals surface area contributed by atoms with Gasteiger partial charge in [-0.1, -0.05) is 56.5 Å². The number of hydrogen-bond donors (Lipinski definition) is 1. The highest BCUT2D eigenvalue weighted by Gasteiger charge is 2.25. The summed E-state index contributed by atoms with van der Waals surface area (Å²) < 4.78 is 0. The van der Waals surface area contributed by atoms with Crippen LogP contribution in [0, 0.1) is 5.92 Å². The van der Waals surface area contributed by atoms with Crippen molar-refractivity contribution in [2.24, 2.45) is 5.92 Å². The molecule has 1 nitrogen and oxygen atoms in total. The Balaban J connectivity index is 2.11. The zero-order valence-corrected chi connectivity index (χ0v) is 11.9. The first kappa shape index (κ1) is 13.6. The molecule has 100 valence electrons. The van der Waals surface area contributed by atoms with Gasteiger partial charge < -0.3 is 5.32 Å². The Kier molecular flexibility index (Phi) is 5.25. The summed E-state index contributed by atoms with van der Waals surface area (Å²) in [5, 5.41) is 3.85. The molecule has 0 saturated heterocycles. The van der Waals surface area contributed by atoms with Crippen LogP contribution in [0.3, 0.4) is 0 Å². The molecule has 1 aliphatic rings. The van der Waals surface area contributed by atoms with Gasteiger partial charge in [-0.2, -0.15) is 0 Å². The van der Waals surface area contributed by atoms with Crippen LogP contribution >= 0.6 is 0 Å². The average molecular weight is 245 g/mol. The molecule has 1 fully saturated rings. The summed E-state index contributed by atoms with van der Waals surface area (Å²) in [6.07, 6.45) is 8.25. The Labute approximate surface area is 112 Å². The summed E-state index contributed by atoms with van der Waals surface area (Å²) in [5.41, 5.74) is 1.48. The first-order valence-corrected chi connectivity index (χ1v) is 7.62. The van der Waals surface area contributed by atoms with E-state index in [0.717, 1.165) is 5.92 Å². The second-order valence-electron chi connectivity index (χ2n) is 5.76.